The van der Waals surface area contributed by atoms with Crippen molar-refractivity contribution in [3.05, 3.63) is 69.0 Å². The predicted octanol–water partition coefficient (Wildman–Crippen LogP) is 1.63. The van der Waals surface area contributed by atoms with Crippen LogP contribution in [-0.2, 0) is 16.1 Å². The molecule has 3 atom stereocenters. The minimum Gasteiger partial charge on any atom is -0.374 e. The molecule has 1 aromatic carbocycles. The summed E-state index contributed by atoms with van der Waals surface area (Å²) in [5.74, 6) is -0.445. The van der Waals surface area contributed by atoms with E-state index >= 15 is 0 Å². The topological polar surface area (TPSA) is 73.3 Å². The normalized spacial score (nSPS) is 23.5. The summed E-state index contributed by atoms with van der Waals surface area (Å²) in [5.41, 5.74) is -0.0449. The van der Waals surface area contributed by atoms with Crippen molar-refractivity contribution in [1.29, 1.82) is 0 Å². The summed E-state index contributed by atoms with van der Waals surface area (Å²) in [6.07, 6.45) is 0.770. The zero-order chi connectivity index (χ0) is 16.9. The van der Waals surface area contributed by atoms with Gasteiger partial charge in [0.15, 0.2) is 0 Å². The highest BCUT2D eigenvalue weighted by Gasteiger charge is 2.37. The van der Waals surface area contributed by atoms with E-state index in [2.05, 4.69) is 4.98 Å². The van der Waals surface area contributed by atoms with Crippen LogP contribution >= 0.6 is 0 Å². The number of benzene rings is 1. The van der Waals surface area contributed by atoms with E-state index in [1.54, 1.807) is 0 Å². The molecular formula is C17H19FN2O4. The molecule has 128 valence electrons. The fourth-order valence-electron chi connectivity index (χ4n) is 2.87. The summed E-state index contributed by atoms with van der Waals surface area (Å²) in [5, 5.41) is 0. The van der Waals surface area contributed by atoms with Gasteiger partial charge in [0, 0.05) is 18.2 Å². The van der Waals surface area contributed by atoms with E-state index in [9.17, 15) is 14.0 Å². The Kier molecular flexibility index (Phi) is 5.22. The molecule has 2 aromatic rings. The fraction of sp³-hybridized carbons (Fsp3) is 0.412. The smallest absolute Gasteiger partial charge is 0.330 e. The number of aromatic nitrogens is 2. The lowest BCUT2D eigenvalue weighted by Crippen LogP contribution is -2.34. The van der Waals surface area contributed by atoms with Crippen LogP contribution < -0.4 is 11.2 Å². The molecule has 1 fully saturated rings. The number of hydrogen-bond donors (Lipinski definition) is 1. The Hall–Kier alpha value is -2.25. The average molecular weight is 334 g/mol. The number of H-pyrrole nitrogens is 1. The first kappa shape index (κ1) is 16.6. The molecule has 0 saturated carbocycles. The van der Waals surface area contributed by atoms with Gasteiger partial charge in [0.25, 0.3) is 5.56 Å². The molecule has 0 spiro atoms. The second-order valence-electron chi connectivity index (χ2n) is 5.82. The van der Waals surface area contributed by atoms with Gasteiger partial charge in [-0.25, -0.2) is 4.79 Å². The highest BCUT2D eigenvalue weighted by molar-refractivity contribution is 5.13. The Morgan fingerprint density at radius 1 is 1.25 bits per heavy atom. The first-order chi connectivity index (χ1) is 11.7. The van der Waals surface area contributed by atoms with Gasteiger partial charge in [-0.2, -0.15) is 0 Å². The molecule has 6 nitrogen and oxygen atoms in total. The van der Waals surface area contributed by atoms with E-state index in [0.717, 1.165) is 5.56 Å². The number of rotatable bonds is 6. The first-order valence-electron chi connectivity index (χ1n) is 7.82. The van der Waals surface area contributed by atoms with Crippen LogP contribution in [0.15, 0.2) is 52.2 Å². The van der Waals surface area contributed by atoms with Crippen molar-refractivity contribution < 1.29 is 13.9 Å². The number of nitrogens with one attached hydrogen (secondary N) is 1. The highest BCUT2D eigenvalue weighted by atomic mass is 19.1. The maximum atomic E-state index is 13.3. The van der Waals surface area contributed by atoms with Gasteiger partial charge in [0.1, 0.15) is 6.23 Å². The van der Waals surface area contributed by atoms with Crippen LogP contribution in [0, 0.1) is 5.92 Å². The minimum atomic E-state index is -0.732. The van der Waals surface area contributed by atoms with Crippen LogP contribution in [0.5, 0.6) is 0 Å². The van der Waals surface area contributed by atoms with Gasteiger partial charge in [0.05, 0.1) is 26.0 Å². The third kappa shape index (κ3) is 3.80. The largest absolute Gasteiger partial charge is 0.374 e. The Morgan fingerprint density at radius 2 is 2.04 bits per heavy atom. The van der Waals surface area contributed by atoms with Crippen LogP contribution in [0.3, 0.4) is 0 Å². The molecule has 1 aliphatic heterocycles. The Morgan fingerprint density at radius 3 is 2.75 bits per heavy atom. The molecule has 1 aliphatic rings. The third-order valence-electron chi connectivity index (χ3n) is 4.04. The molecule has 1 saturated heterocycles. The maximum absolute atomic E-state index is 13.3. The molecule has 0 amide bonds. The van der Waals surface area contributed by atoms with Gasteiger partial charge in [-0.1, -0.05) is 30.3 Å². The summed E-state index contributed by atoms with van der Waals surface area (Å²) in [7, 11) is 0. The van der Waals surface area contributed by atoms with E-state index in [4.69, 9.17) is 9.47 Å². The lowest BCUT2D eigenvalue weighted by Gasteiger charge is -2.18. The second-order valence-corrected chi connectivity index (χ2v) is 5.82. The Balaban J connectivity index is 1.62. The van der Waals surface area contributed by atoms with Crippen molar-refractivity contribution in [3.63, 3.8) is 0 Å². The second kappa shape index (κ2) is 7.55. The molecule has 0 bridgehead atoms. The lowest BCUT2D eigenvalue weighted by atomic mass is 10.1. The van der Waals surface area contributed by atoms with E-state index < -0.39 is 30.1 Å². The number of aromatic amines is 1. The highest BCUT2D eigenvalue weighted by Crippen LogP contribution is 2.34. The Bertz CT molecular complexity index is 774. The summed E-state index contributed by atoms with van der Waals surface area (Å²) < 4.78 is 25.9. The van der Waals surface area contributed by atoms with Gasteiger partial charge in [-0.3, -0.25) is 18.7 Å². The van der Waals surface area contributed by atoms with Crippen molar-refractivity contribution in [1.82, 2.24) is 9.55 Å². The van der Waals surface area contributed by atoms with Crippen molar-refractivity contribution in [2.45, 2.75) is 25.4 Å². The Labute approximate surface area is 137 Å². The molecule has 24 heavy (non-hydrogen) atoms. The molecule has 3 unspecified atom stereocenters. The van der Waals surface area contributed by atoms with Crippen LogP contribution in [0.25, 0.3) is 0 Å². The van der Waals surface area contributed by atoms with E-state index in [1.165, 1.54) is 16.8 Å². The van der Waals surface area contributed by atoms with Crippen molar-refractivity contribution in [2.24, 2.45) is 5.92 Å². The van der Waals surface area contributed by atoms with Gasteiger partial charge in [-0.15, -0.1) is 0 Å². The number of hydrogen-bond acceptors (Lipinski definition) is 4. The summed E-state index contributed by atoms with van der Waals surface area (Å²) in [6.45, 7) is 0.162. The molecule has 1 N–H and O–H groups in total. The molecule has 7 heteroatoms. The monoisotopic (exact) mass is 334 g/mol. The van der Waals surface area contributed by atoms with E-state index in [0.29, 0.717) is 19.6 Å². The zero-order valence-corrected chi connectivity index (χ0v) is 13.1. The van der Waals surface area contributed by atoms with Crippen molar-refractivity contribution >= 4 is 0 Å². The number of nitrogens with zero attached hydrogens (tertiary/aromatic N) is 1. The van der Waals surface area contributed by atoms with Crippen LogP contribution in [-0.4, -0.2) is 28.9 Å². The molecule has 0 radical (unpaired) electrons. The molecule has 3 rings (SSSR count). The van der Waals surface area contributed by atoms with Gasteiger partial charge < -0.3 is 9.47 Å². The van der Waals surface area contributed by atoms with E-state index in [1.807, 2.05) is 30.3 Å². The number of ether oxygens (including phenoxy) is 2. The first-order valence-corrected chi connectivity index (χ1v) is 7.82. The van der Waals surface area contributed by atoms with Gasteiger partial charge >= 0.3 is 5.69 Å². The van der Waals surface area contributed by atoms with Gasteiger partial charge in [0.2, 0.25) is 0 Å². The molecule has 0 aliphatic carbocycles. The number of halogens is 1. The summed E-state index contributed by atoms with van der Waals surface area (Å²) in [4.78, 5) is 25.2. The summed E-state index contributed by atoms with van der Waals surface area (Å²) >= 11 is 0. The third-order valence-corrected chi connectivity index (χ3v) is 4.04. The zero-order valence-electron chi connectivity index (χ0n) is 13.1. The van der Waals surface area contributed by atoms with Crippen LogP contribution in [0.4, 0.5) is 4.39 Å². The molecule has 2 heterocycles. The standard InChI is InChI=1S/C17H19FN2O4/c18-9-13-8-14(11-23-10-12-4-2-1-3-5-12)24-16(13)20-7-6-15(21)19-17(20)22/h1-7,13-14,16H,8-11H2,(H,19,21,22). The minimum absolute atomic E-state index is 0.293. The van der Waals surface area contributed by atoms with Crippen molar-refractivity contribution in [3.8, 4) is 0 Å². The average Bonchev–Trinajstić information content (AvgIpc) is 2.99. The number of alkyl halides is 1. The predicted molar refractivity (Wildman–Crippen MR) is 85.4 cm³/mol. The lowest BCUT2D eigenvalue weighted by molar-refractivity contribution is -0.0551. The SMILES string of the molecule is O=c1ccn(C2OC(COCc3ccccc3)CC2CF)c(=O)[nH]1. The fourth-order valence-corrected chi connectivity index (χ4v) is 2.87. The molecular weight excluding hydrogens is 315 g/mol. The summed E-state index contributed by atoms with van der Waals surface area (Å²) in [6, 6.07) is 10.9. The van der Waals surface area contributed by atoms with Gasteiger partial charge in [-0.05, 0) is 12.0 Å². The maximum Gasteiger partial charge on any atom is 0.330 e. The van der Waals surface area contributed by atoms with Crippen molar-refractivity contribution in [2.75, 3.05) is 13.3 Å². The van der Waals surface area contributed by atoms with Crippen LogP contribution in [0.2, 0.25) is 0 Å². The van der Waals surface area contributed by atoms with E-state index in [-0.39, 0.29) is 6.10 Å². The van der Waals surface area contributed by atoms with Crippen LogP contribution in [0.1, 0.15) is 18.2 Å². The molecule has 1 aromatic heterocycles. The quantitative estimate of drug-likeness (QED) is 0.871.